The topological polar surface area (TPSA) is 61.8 Å². The zero-order valence-electron chi connectivity index (χ0n) is 11.0. The minimum Gasteiger partial charge on any atom is -0.467 e. The Labute approximate surface area is 103 Å². The predicted octanol–water partition coefficient (Wildman–Crippen LogP) is -0.0157. The lowest BCUT2D eigenvalue weighted by Crippen LogP contribution is -2.54. The molecule has 1 heterocycles. The van der Waals surface area contributed by atoms with Gasteiger partial charge in [-0.25, -0.2) is 4.79 Å². The monoisotopic (exact) mass is 244 g/mol. The molecule has 1 aliphatic rings. The van der Waals surface area contributed by atoms with Crippen molar-refractivity contribution < 1.29 is 14.6 Å². The van der Waals surface area contributed by atoms with E-state index in [-0.39, 0.29) is 0 Å². The van der Waals surface area contributed by atoms with Gasteiger partial charge in [0.2, 0.25) is 0 Å². The van der Waals surface area contributed by atoms with E-state index in [0.717, 1.165) is 32.5 Å². The maximum Gasteiger partial charge on any atom is 0.338 e. The first kappa shape index (κ1) is 14.4. The zero-order chi connectivity index (χ0) is 12.9. The Morgan fingerprint density at radius 3 is 2.82 bits per heavy atom. The normalized spacial score (nSPS) is 24.4. The molecule has 5 heteroatoms. The maximum atomic E-state index is 11.5. The number of carbonyl (C=O) groups is 1. The molecule has 0 bridgehead atoms. The average molecular weight is 244 g/mol. The summed E-state index contributed by atoms with van der Waals surface area (Å²) in [6.45, 7) is 6.67. The fourth-order valence-electron chi connectivity index (χ4n) is 2.32. The first-order chi connectivity index (χ1) is 8.01. The first-order valence-electron chi connectivity index (χ1n) is 6.27. The standard InChI is InChI=1S/C12H24N2O3/c1-4-14(10-6-5-7-13-8-10)9-12(2,16)11(15)17-3/h10,13,16H,4-9H2,1-3H3. The van der Waals surface area contributed by atoms with Crippen LogP contribution in [0.25, 0.3) is 0 Å². The molecule has 0 radical (unpaired) electrons. The third-order valence-electron chi connectivity index (χ3n) is 3.33. The van der Waals surface area contributed by atoms with Crippen LogP contribution in [0.5, 0.6) is 0 Å². The number of rotatable bonds is 5. The van der Waals surface area contributed by atoms with Gasteiger partial charge in [0.25, 0.3) is 0 Å². The van der Waals surface area contributed by atoms with E-state index >= 15 is 0 Å². The van der Waals surface area contributed by atoms with Crippen molar-refractivity contribution in [3.8, 4) is 0 Å². The van der Waals surface area contributed by atoms with Crippen molar-refractivity contribution in [2.75, 3.05) is 33.3 Å². The molecule has 1 aliphatic heterocycles. The highest BCUT2D eigenvalue weighted by atomic mass is 16.5. The van der Waals surface area contributed by atoms with E-state index in [1.807, 2.05) is 6.92 Å². The summed E-state index contributed by atoms with van der Waals surface area (Å²) in [7, 11) is 1.30. The summed E-state index contributed by atoms with van der Waals surface area (Å²) in [5, 5.41) is 13.4. The maximum absolute atomic E-state index is 11.5. The van der Waals surface area contributed by atoms with Gasteiger partial charge in [-0.1, -0.05) is 6.92 Å². The van der Waals surface area contributed by atoms with Crippen LogP contribution in [0.4, 0.5) is 0 Å². The first-order valence-corrected chi connectivity index (χ1v) is 6.27. The molecular weight excluding hydrogens is 220 g/mol. The van der Waals surface area contributed by atoms with Gasteiger partial charge in [-0.2, -0.15) is 0 Å². The Hall–Kier alpha value is -0.650. The lowest BCUT2D eigenvalue weighted by molar-refractivity contribution is -0.162. The molecule has 0 aliphatic carbocycles. The molecule has 2 atom stereocenters. The third kappa shape index (κ3) is 3.94. The number of hydrogen-bond donors (Lipinski definition) is 2. The molecule has 1 fully saturated rings. The summed E-state index contributed by atoms with van der Waals surface area (Å²) < 4.78 is 4.62. The van der Waals surface area contributed by atoms with E-state index in [9.17, 15) is 9.90 Å². The number of nitrogens with zero attached hydrogens (tertiary/aromatic N) is 1. The van der Waals surface area contributed by atoms with Crippen LogP contribution in [0.3, 0.4) is 0 Å². The molecule has 17 heavy (non-hydrogen) atoms. The van der Waals surface area contributed by atoms with Crippen LogP contribution in [0, 0.1) is 0 Å². The zero-order valence-corrected chi connectivity index (χ0v) is 11.0. The largest absolute Gasteiger partial charge is 0.467 e. The van der Waals surface area contributed by atoms with Crippen molar-refractivity contribution in [1.82, 2.24) is 10.2 Å². The Morgan fingerprint density at radius 2 is 2.35 bits per heavy atom. The van der Waals surface area contributed by atoms with Gasteiger partial charge in [-0.05, 0) is 32.9 Å². The fourth-order valence-corrected chi connectivity index (χ4v) is 2.32. The van der Waals surface area contributed by atoms with Crippen molar-refractivity contribution in [1.29, 1.82) is 0 Å². The van der Waals surface area contributed by atoms with Crippen LogP contribution in [0.1, 0.15) is 26.7 Å². The van der Waals surface area contributed by atoms with Crippen LogP contribution < -0.4 is 5.32 Å². The quantitative estimate of drug-likeness (QED) is 0.666. The number of ether oxygens (including phenoxy) is 1. The van der Waals surface area contributed by atoms with Crippen LogP contribution in [0.15, 0.2) is 0 Å². The highest BCUT2D eigenvalue weighted by molar-refractivity contribution is 5.78. The Morgan fingerprint density at radius 1 is 1.65 bits per heavy atom. The van der Waals surface area contributed by atoms with E-state index in [1.165, 1.54) is 14.0 Å². The van der Waals surface area contributed by atoms with Crippen LogP contribution >= 0.6 is 0 Å². The van der Waals surface area contributed by atoms with E-state index < -0.39 is 11.6 Å². The average Bonchev–Trinajstić information content (AvgIpc) is 2.36. The Kier molecular flexibility index (Phi) is 5.36. The lowest BCUT2D eigenvalue weighted by atomic mass is 10.0. The van der Waals surface area contributed by atoms with Crippen molar-refractivity contribution in [3.63, 3.8) is 0 Å². The SMILES string of the molecule is CCN(CC(C)(O)C(=O)OC)C1CCCNC1. The Bertz CT molecular complexity index is 250. The molecule has 0 saturated carbocycles. The van der Waals surface area contributed by atoms with E-state index in [4.69, 9.17) is 0 Å². The molecule has 5 nitrogen and oxygen atoms in total. The highest BCUT2D eigenvalue weighted by Gasteiger charge is 2.35. The number of hydrogen-bond acceptors (Lipinski definition) is 5. The molecule has 2 unspecified atom stereocenters. The van der Waals surface area contributed by atoms with E-state index in [0.29, 0.717) is 12.6 Å². The molecule has 100 valence electrons. The van der Waals surface area contributed by atoms with Gasteiger partial charge in [0.05, 0.1) is 7.11 Å². The van der Waals surface area contributed by atoms with Crippen molar-refractivity contribution >= 4 is 5.97 Å². The van der Waals surface area contributed by atoms with E-state index in [2.05, 4.69) is 15.0 Å². The van der Waals surface area contributed by atoms with Gasteiger partial charge in [0.15, 0.2) is 5.60 Å². The van der Waals surface area contributed by atoms with Crippen LogP contribution in [-0.2, 0) is 9.53 Å². The molecular formula is C12H24N2O3. The molecule has 0 aromatic rings. The van der Waals surface area contributed by atoms with Crippen molar-refractivity contribution in [3.05, 3.63) is 0 Å². The number of piperidine rings is 1. The predicted molar refractivity (Wildman–Crippen MR) is 65.8 cm³/mol. The molecule has 0 amide bonds. The second-order valence-electron chi connectivity index (χ2n) is 4.83. The van der Waals surface area contributed by atoms with Gasteiger partial charge in [0.1, 0.15) is 0 Å². The lowest BCUT2D eigenvalue weighted by Gasteiger charge is -2.37. The van der Waals surface area contributed by atoms with Crippen molar-refractivity contribution in [2.45, 2.75) is 38.3 Å². The van der Waals surface area contributed by atoms with Gasteiger partial charge in [-0.3, -0.25) is 4.90 Å². The number of carbonyl (C=O) groups excluding carboxylic acids is 1. The number of nitrogens with one attached hydrogen (secondary N) is 1. The summed E-state index contributed by atoms with van der Waals surface area (Å²) in [5.74, 6) is -0.570. The Balaban J connectivity index is 2.58. The van der Waals surface area contributed by atoms with Crippen molar-refractivity contribution in [2.24, 2.45) is 0 Å². The second-order valence-corrected chi connectivity index (χ2v) is 4.83. The number of esters is 1. The highest BCUT2D eigenvalue weighted by Crippen LogP contribution is 2.15. The molecule has 1 saturated heterocycles. The van der Waals surface area contributed by atoms with Crippen LogP contribution in [-0.4, -0.2) is 60.9 Å². The molecule has 1 rings (SSSR count). The van der Waals surface area contributed by atoms with E-state index in [1.54, 1.807) is 0 Å². The minimum atomic E-state index is -1.43. The van der Waals surface area contributed by atoms with Gasteiger partial charge >= 0.3 is 5.97 Å². The molecule has 2 N–H and O–H groups in total. The number of methoxy groups -OCH3 is 1. The minimum absolute atomic E-state index is 0.322. The summed E-state index contributed by atoms with van der Waals surface area (Å²) in [6.07, 6.45) is 2.25. The molecule has 0 aromatic heterocycles. The summed E-state index contributed by atoms with van der Waals surface area (Å²) in [4.78, 5) is 13.6. The van der Waals surface area contributed by atoms with Crippen LogP contribution in [0.2, 0.25) is 0 Å². The summed E-state index contributed by atoms with van der Waals surface area (Å²) >= 11 is 0. The summed E-state index contributed by atoms with van der Waals surface area (Å²) in [6, 6.07) is 0.393. The van der Waals surface area contributed by atoms with Gasteiger partial charge in [-0.15, -0.1) is 0 Å². The van der Waals surface area contributed by atoms with Gasteiger partial charge in [0, 0.05) is 19.1 Å². The third-order valence-corrected chi connectivity index (χ3v) is 3.33. The number of likely N-dealkylation sites (N-methyl/N-ethyl adjacent to an activating group) is 1. The molecule has 0 aromatic carbocycles. The number of aliphatic hydroxyl groups is 1. The molecule has 0 spiro atoms. The second kappa shape index (κ2) is 6.33. The summed E-state index contributed by atoms with van der Waals surface area (Å²) in [5.41, 5.74) is -1.43. The van der Waals surface area contributed by atoms with Gasteiger partial charge < -0.3 is 15.2 Å². The smallest absolute Gasteiger partial charge is 0.338 e. The fraction of sp³-hybridized carbons (Fsp3) is 0.917.